The van der Waals surface area contributed by atoms with E-state index in [0.29, 0.717) is 11.1 Å². The van der Waals surface area contributed by atoms with Crippen LogP contribution in [0.3, 0.4) is 0 Å². The van der Waals surface area contributed by atoms with E-state index in [1.807, 2.05) is 0 Å². The molecule has 6 nitrogen and oxygen atoms in total. The summed E-state index contributed by atoms with van der Waals surface area (Å²) in [4.78, 5) is 28.6. The first-order valence-electron chi connectivity index (χ1n) is 5.46. The van der Waals surface area contributed by atoms with Gasteiger partial charge in [0.25, 0.3) is 0 Å². The number of esters is 1. The van der Waals surface area contributed by atoms with Gasteiger partial charge in [0.15, 0.2) is 0 Å². The Morgan fingerprint density at radius 2 is 2.16 bits per heavy atom. The molecule has 19 heavy (non-hydrogen) atoms. The maximum Gasteiger partial charge on any atom is 0.524 e. The summed E-state index contributed by atoms with van der Waals surface area (Å²) in [5.74, 6) is -0.435. The molecule has 0 unspecified atom stereocenters. The summed E-state index contributed by atoms with van der Waals surface area (Å²) in [5, 5.41) is 0. The molecule has 104 valence electrons. The van der Waals surface area contributed by atoms with Crippen molar-refractivity contribution >= 4 is 13.8 Å². The van der Waals surface area contributed by atoms with Crippen LogP contribution in [0.5, 0.6) is 5.75 Å². The highest BCUT2D eigenvalue weighted by atomic mass is 31.2. The molecule has 0 fully saturated rings. The Labute approximate surface area is 110 Å². The van der Waals surface area contributed by atoms with Gasteiger partial charge in [-0.15, -0.1) is 0 Å². The first kappa shape index (κ1) is 15.4. The number of carbonyl (C=O) groups is 1. The van der Waals surface area contributed by atoms with E-state index in [0.717, 1.165) is 6.08 Å². The molecule has 1 rings (SSSR count). The second-order valence-electron chi connectivity index (χ2n) is 3.77. The fourth-order valence-electron chi connectivity index (χ4n) is 1.48. The van der Waals surface area contributed by atoms with E-state index in [9.17, 15) is 9.36 Å². The normalized spacial score (nSPS) is 10.9. The van der Waals surface area contributed by atoms with Crippen LogP contribution in [0, 0.1) is 6.92 Å². The van der Waals surface area contributed by atoms with Gasteiger partial charge in [0, 0.05) is 12.5 Å². The number of phosphoric ester groups is 1. The zero-order chi connectivity index (χ0) is 14.5. The van der Waals surface area contributed by atoms with Crippen LogP contribution in [0.25, 0.3) is 0 Å². The van der Waals surface area contributed by atoms with E-state index in [2.05, 4.69) is 11.1 Å². The number of carbonyl (C=O) groups excluding carboxylic acids is 1. The Hall–Kier alpha value is -1.62. The monoisotopic (exact) mass is 286 g/mol. The van der Waals surface area contributed by atoms with Crippen LogP contribution in [0.4, 0.5) is 0 Å². The van der Waals surface area contributed by atoms with E-state index in [-0.39, 0.29) is 18.8 Å². The Kier molecular flexibility index (Phi) is 5.30. The number of phosphoric acid groups is 1. The third-order valence-corrected chi connectivity index (χ3v) is 2.71. The summed E-state index contributed by atoms with van der Waals surface area (Å²) >= 11 is 0. The molecule has 0 aliphatic rings. The lowest BCUT2D eigenvalue weighted by Crippen LogP contribution is -2.06. The zero-order valence-electron chi connectivity index (χ0n) is 10.4. The van der Waals surface area contributed by atoms with Crippen molar-refractivity contribution in [3.63, 3.8) is 0 Å². The third kappa shape index (κ3) is 5.26. The minimum Gasteiger partial charge on any atom is -0.462 e. The first-order valence-corrected chi connectivity index (χ1v) is 6.99. The standard InChI is InChI=1S/C12H15O6P/c1-3-11(13)17-8-7-10-6-4-5-9(2)12(10)18-19(14,15)16/h3-6H,1,7-8H2,2H3,(H2,14,15,16). The van der Waals surface area contributed by atoms with Crippen molar-refractivity contribution in [2.45, 2.75) is 13.3 Å². The summed E-state index contributed by atoms with van der Waals surface area (Å²) in [5.41, 5.74) is 1.15. The first-order chi connectivity index (χ1) is 8.83. The van der Waals surface area contributed by atoms with E-state index >= 15 is 0 Å². The molecule has 0 aliphatic carbocycles. The van der Waals surface area contributed by atoms with Gasteiger partial charge < -0.3 is 9.26 Å². The highest BCUT2D eigenvalue weighted by Crippen LogP contribution is 2.40. The second kappa shape index (κ2) is 6.52. The molecule has 0 saturated carbocycles. The van der Waals surface area contributed by atoms with E-state index < -0.39 is 13.8 Å². The Balaban J connectivity index is 2.82. The number of hydrogen-bond acceptors (Lipinski definition) is 4. The molecule has 0 aliphatic heterocycles. The fourth-order valence-corrected chi connectivity index (χ4v) is 1.98. The summed E-state index contributed by atoms with van der Waals surface area (Å²) in [6.07, 6.45) is 1.33. The molecule has 1 aromatic rings. The smallest absolute Gasteiger partial charge is 0.462 e. The largest absolute Gasteiger partial charge is 0.524 e. The SMILES string of the molecule is C=CC(=O)OCCc1cccc(C)c1OP(=O)(O)O. The van der Waals surface area contributed by atoms with E-state index in [4.69, 9.17) is 14.5 Å². The molecule has 2 N–H and O–H groups in total. The number of ether oxygens (including phenoxy) is 1. The number of aryl methyl sites for hydroxylation is 1. The summed E-state index contributed by atoms with van der Waals surface area (Å²) < 4.78 is 20.4. The summed E-state index contributed by atoms with van der Waals surface area (Å²) in [6, 6.07) is 5.05. The Bertz CT molecular complexity index is 519. The van der Waals surface area contributed by atoms with Crippen molar-refractivity contribution in [2.75, 3.05) is 6.61 Å². The minimum absolute atomic E-state index is 0.0752. The highest BCUT2D eigenvalue weighted by molar-refractivity contribution is 7.46. The van der Waals surface area contributed by atoms with Crippen molar-refractivity contribution < 1.29 is 28.4 Å². The predicted molar refractivity (Wildman–Crippen MR) is 68.7 cm³/mol. The van der Waals surface area contributed by atoms with Gasteiger partial charge >= 0.3 is 13.8 Å². The minimum atomic E-state index is -4.62. The molecule has 0 bridgehead atoms. The Morgan fingerprint density at radius 1 is 1.47 bits per heavy atom. The second-order valence-corrected chi connectivity index (χ2v) is 4.93. The third-order valence-electron chi connectivity index (χ3n) is 2.29. The highest BCUT2D eigenvalue weighted by Gasteiger charge is 2.19. The molecule has 0 aromatic heterocycles. The average Bonchev–Trinajstić information content (AvgIpc) is 2.31. The molecule has 0 heterocycles. The van der Waals surface area contributed by atoms with Crippen LogP contribution in [0.1, 0.15) is 11.1 Å². The van der Waals surface area contributed by atoms with Gasteiger partial charge in [-0.25, -0.2) is 9.36 Å². The van der Waals surface area contributed by atoms with Crippen LogP contribution in [0.2, 0.25) is 0 Å². The number of benzene rings is 1. The fraction of sp³-hybridized carbons (Fsp3) is 0.250. The molecular weight excluding hydrogens is 271 g/mol. The number of rotatable bonds is 6. The average molecular weight is 286 g/mol. The lowest BCUT2D eigenvalue weighted by atomic mass is 10.1. The molecule has 0 atom stereocenters. The van der Waals surface area contributed by atoms with Crippen LogP contribution in [0.15, 0.2) is 30.9 Å². The molecule has 1 aromatic carbocycles. The molecule has 0 saturated heterocycles. The molecule has 0 spiro atoms. The van der Waals surface area contributed by atoms with Gasteiger partial charge in [-0.1, -0.05) is 24.8 Å². The maximum absolute atomic E-state index is 10.9. The lowest BCUT2D eigenvalue weighted by molar-refractivity contribution is -0.137. The van der Waals surface area contributed by atoms with Crippen molar-refractivity contribution in [1.82, 2.24) is 0 Å². The molecular formula is C12H15O6P. The zero-order valence-corrected chi connectivity index (χ0v) is 11.3. The lowest BCUT2D eigenvalue weighted by Gasteiger charge is -2.14. The Morgan fingerprint density at radius 3 is 2.74 bits per heavy atom. The van der Waals surface area contributed by atoms with E-state index in [1.54, 1.807) is 25.1 Å². The van der Waals surface area contributed by atoms with Gasteiger partial charge in [0.05, 0.1) is 6.61 Å². The van der Waals surface area contributed by atoms with Crippen LogP contribution < -0.4 is 4.52 Å². The number of hydrogen-bond donors (Lipinski definition) is 2. The van der Waals surface area contributed by atoms with Gasteiger partial charge in [-0.2, -0.15) is 0 Å². The molecule has 0 radical (unpaired) electrons. The van der Waals surface area contributed by atoms with Gasteiger partial charge in [0.2, 0.25) is 0 Å². The van der Waals surface area contributed by atoms with Crippen LogP contribution in [-0.2, 0) is 20.5 Å². The summed E-state index contributed by atoms with van der Waals surface area (Å²) in [6.45, 7) is 5.01. The van der Waals surface area contributed by atoms with Crippen LogP contribution >= 0.6 is 7.82 Å². The van der Waals surface area contributed by atoms with Gasteiger partial charge in [0.1, 0.15) is 5.75 Å². The summed E-state index contributed by atoms with van der Waals surface area (Å²) in [7, 11) is -4.62. The van der Waals surface area contributed by atoms with Crippen molar-refractivity contribution in [1.29, 1.82) is 0 Å². The van der Waals surface area contributed by atoms with Crippen molar-refractivity contribution in [2.24, 2.45) is 0 Å². The number of para-hydroxylation sites is 1. The van der Waals surface area contributed by atoms with Crippen molar-refractivity contribution in [3.05, 3.63) is 42.0 Å². The van der Waals surface area contributed by atoms with Gasteiger partial charge in [-0.05, 0) is 18.1 Å². The maximum atomic E-state index is 10.9. The van der Waals surface area contributed by atoms with Crippen molar-refractivity contribution in [3.8, 4) is 5.75 Å². The van der Waals surface area contributed by atoms with Gasteiger partial charge in [-0.3, -0.25) is 9.79 Å². The topological polar surface area (TPSA) is 93.1 Å². The quantitative estimate of drug-likeness (QED) is 0.470. The van der Waals surface area contributed by atoms with E-state index in [1.165, 1.54) is 0 Å². The molecule has 0 amide bonds. The van der Waals surface area contributed by atoms with Crippen LogP contribution in [-0.4, -0.2) is 22.4 Å². The molecule has 7 heteroatoms. The predicted octanol–water partition coefficient (Wildman–Crippen LogP) is 1.74.